The first-order chi connectivity index (χ1) is 14.0. The molecular weight excluding hydrogens is 381 g/mol. The van der Waals surface area contributed by atoms with Crippen molar-refractivity contribution < 1.29 is 13.2 Å². The van der Waals surface area contributed by atoms with Gasteiger partial charge < -0.3 is 4.90 Å². The van der Waals surface area contributed by atoms with Crippen LogP contribution in [0.1, 0.15) is 11.1 Å². The van der Waals surface area contributed by atoms with E-state index in [4.69, 9.17) is 0 Å². The molecule has 0 amide bonds. The minimum absolute atomic E-state index is 0.489. The monoisotopic (exact) mass is 400 g/mol. The Morgan fingerprint density at radius 3 is 2.34 bits per heavy atom. The molecule has 2 aromatic heterocycles. The molecule has 0 N–H and O–H groups in total. The predicted molar refractivity (Wildman–Crippen MR) is 102 cm³/mol. The number of pyridine rings is 1. The topological polar surface area (TPSA) is 58.0 Å². The Morgan fingerprint density at radius 2 is 1.69 bits per heavy atom. The molecule has 0 saturated carbocycles. The quantitative estimate of drug-likeness (QED) is 0.670. The number of alkyl halides is 3. The number of aromatic nitrogens is 4. The molecular formula is C20H19F3N6. The summed E-state index contributed by atoms with van der Waals surface area (Å²) in [4.78, 5) is 13.0. The molecule has 0 bridgehead atoms. The Morgan fingerprint density at radius 1 is 0.931 bits per heavy atom. The lowest BCUT2D eigenvalue weighted by molar-refractivity contribution is -0.137. The maximum Gasteiger partial charge on any atom is 0.416 e. The van der Waals surface area contributed by atoms with Crippen LogP contribution in [0.25, 0.3) is 11.3 Å². The summed E-state index contributed by atoms with van der Waals surface area (Å²) in [6.07, 6.45) is 0.732. The number of halogens is 3. The highest BCUT2D eigenvalue weighted by Gasteiger charge is 2.30. The van der Waals surface area contributed by atoms with Gasteiger partial charge in [0.25, 0.3) is 0 Å². The van der Waals surface area contributed by atoms with E-state index in [0.29, 0.717) is 17.2 Å². The summed E-state index contributed by atoms with van der Waals surface area (Å²) < 4.78 is 38.2. The van der Waals surface area contributed by atoms with Gasteiger partial charge in [-0.25, -0.2) is 4.98 Å². The first kappa shape index (κ1) is 19.3. The fraction of sp³-hybridized carbons (Fsp3) is 0.300. The molecule has 1 fully saturated rings. The Kier molecular flexibility index (Phi) is 5.39. The third-order valence-corrected chi connectivity index (χ3v) is 4.84. The molecule has 1 aliphatic rings. The van der Waals surface area contributed by atoms with Gasteiger partial charge in [-0.2, -0.15) is 18.3 Å². The van der Waals surface area contributed by atoms with E-state index in [1.54, 1.807) is 6.20 Å². The van der Waals surface area contributed by atoms with E-state index in [0.717, 1.165) is 44.9 Å². The molecule has 4 rings (SSSR count). The second kappa shape index (κ2) is 8.12. The van der Waals surface area contributed by atoms with Crippen molar-refractivity contribution in [3.63, 3.8) is 0 Å². The first-order valence-electron chi connectivity index (χ1n) is 9.22. The van der Waals surface area contributed by atoms with Gasteiger partial charge in [0.15, 0.2) is 0 Å². The zero-order valence-corrected chi connectivity index (χ0v) is 15.5. The minimum atomic E-state index is -4.36. The average Bonchev–Trinajstić information content (AvgIpc) is 2.75. The van der Waals surface area contributed by atoms with Gasteiger partial charge in [0.05, 0.1) is 17.5 Å². The van der Waals surface area contributed by atoms with Crippen LogP contribution in [-0.4, -0.2) is 51.2 Å². The smallest absolute Gasteiger partial charge is 0.337 e. The zero-order valence-electron chi connectivity index (χ0n) is 15.5. The molecule has 0 radical (unpaired) electrons. The summed E-state index contributed by atoms with van der Waals surface area (Å²) in [5.74, 6) is 0.489. The van der Waals surface area contributed by atoms with E-state index in [9.17, 15) is 13.2 Å². The van der Waals surface area contributed by atoms with Gasteiger partial charge in [-0.05, 0) is 23.8 Å². The zero-order chi connectivity index (χ0) is 20.3. The lowest BCUT2D eigenvalue weighted by Crippen LogP contribution is -2.46. The summed E-state index contributed by atoms with van der Waals surface area (Å²) in [6, 6.07) is 8.89. The Balaban J connectivity index is 1.42. The number of benzene rings is 1. The summed E-state index contributed by atoms with van der Waals surface area (Å²) >= 11 is 0. The molecule has 150 valence electrons. The SMILES string of the molecule is FC(F)(F)c1ccc(-c2cnnc(N3CCN(Cc4cccnc4)CC3)n2)cc1. The van der Waals surface area contributed by atoms with Crippen LogP contribution in [0, 0.1) is 0 Å². The average molecular weight is 400 g/mol. The lowest BCUT2D eigenvalue weighted by Gasteiger charge is -2.34. The number of piperazine rings is 1. The normalized spacial score (nSPS) is 15.5. The largest absolute Gasteiger partial charge is 0.416 e. The van der Waals surface area contributed by atoms with Crippen molar-refractivity contribution >= 4 is 5.95 Å². The third kappa shape index (κ3) is 4.68. The van der Waals surface area contributed by atoms with E-state index < -0.39 is 11.7 Å². The maximum absolute atomic E-state index is 12.7. The molecule has 0 atom stereocenters. The van der Waals surface area contributed by atoms with Gasteiger partial charge in [0, 0.05) is 50.7 Å². The highest BCUT2D eigenvalue weighted by molar-refractivity contribution is 5.59. The Bertz CT molecular complexity index is 938. The molecule has 0 spiro atoms. The van der Waals surface area contributed by atoms with Crippen LogP contribution < -0.4 is 4.90 Å². The van der Waals surface area contributed by atoms with E-state index in [1.165, 1.54) is 23.9 Å². The van der Waals surface area contributed by atoms with E-state index in [-0.39, 0.29) is 0 Å². The fourth-order valence-corrected chi connectivity index (χ4v) is 3.25. The number of anilines is 1. The minimum Gasteiger partial charge on any atom is -0.337 e. The molecule has 3 aromatic rings. The molecule has 0 aliphatic carbocycles. The standard InChI is InChI=1S/C20H19F3N6/c21-20(22,23)17-5-3-16(4-6-17)18-13-25-27-19(26-18)29-10-8-28(9-11-29)14-15-2-1-7-24-12-15/h1-7,12-13H,8-11,14H2. The summed E-state index contributed by atoms with van der Waals surface area (Å²) in [7, 11) is 0. The van der Waals surface area contributed by atoms with Crippen molar-refractivity contribution in [2.45, 2.75) is 12.7 Å². The van der Waals surface area contributed by atoms with Gasteiger partial charge in [-0.3, -0.25) is 9.88 Å². The highest BCUT2D eigenvalue weighted by Crippen LogP contribution is 2.30. The van der Waals surface area contributed by atoms with Gasteiger partial charge in [-0.1, -0.05) is 18.2 Å². The number of rotatable bonds is 4. The van der Waals surface area contributed by atoms with Gasteiger partial charge in [0.1, 0.15) is 0 Å². The van der Waals surface area contributed by atoms with Crippen molar-refractivity contribution in [3.8, 4) is 11.3 Å². The molecule has 0 unspecified atom stereocenters. The van der Waals surface area contributed by atoms with Gasteiger partial charge in [-0.15, -0.1) is 5.10 Å². The Labute approximate surface area is 166 Å². The first-order valence-corrected chi connectivity index (χ1v) is 9.22. The van der Waals surface area contributed by atoms with Crippen LogP contribution in [0.15, 0.2) is 55.0 Å². The fourth-order valence-electron chi connectivity index (χ4n) is 3.25. The van der Waals surface area contributed by atoms with E-state index in [1.807, 2.05) is 17.2 Å². The van der Waals surface area contributed by atoms with Gasteiger partial charge >= 0.3 is 6.18 Å². The van der Waals surface area contributed by atoms with Crippen LogP contribution in [0.3, 0.4) is 0 Å². The van der Waals surface area contributed by atoms with Crippen molar-refractivity contribution in [1.82, 2.24) is 25.1 Å². The van der Waals surface area contributed by atoms with Crippen molar-refractivity contribution in [3.05, 3.63) is 66.1 Å². The Hall–Kier alpha value is -3.07. The van der Waals surface area contributed by atoms with Crippen LogP contribution in [0.5, 0.6) is 0 Å². The molecule has 1 aromatic carbocycles. The summed E-state index contributed by atoms with van der Waals surface area (Å²) in [6.45, 7) is 4.04. The van der Waals surface area contributed by atoms with Crippen LogP contribution >= 0.6 is 0 Å². The van der Waals surface area contributed by atoms with Gasteiger partial charge in [0.2, 0.25) is 5.95 Å². The number of hydrogen-bond donors (Lipinski definition) is 0. The molecule has 9 heteroatoms. The van der Waals surface area contributed by atoms with Crippen molar-refractivity contribution in [1.29, 1.82) is 0 Å². The molecule has 3 heterocycles. The van der Waals surface area contributed by atoms with E-state index in [2.05, 4.69) is 31.1 Å². The lowest BCUT2D eigenvalue weighted by atomic mass is 10.1. The van der Waals surface area contributed by atoms with E-state index >= 15 is 0 Å². The van der Waals surface area contributed by atoms with Crippen molar-refractivity contribution in [2.75, 3.05) is 31.1 Å². The molecule has 6 nitrogen and oxygen atoms in total. The predicted octanol–water partition coefficient (Wildman–Crippen LogP) is 3.27. The highest BCUT2D eigenvalue weighted by atomic mass is 19.4. The number of hydrogen-bond acceptors (Lipinski definition) is 6. The molecule has 1 aliphatic heterocycles. The van der Waals surface area contributed by atoms with Crippen molar-refractivity contribution in [2.24, 2.45) is 0 Å². The third-order valence-electron chi connectivity index (χ3n) is 4.84. The molecule has 1 saturated heterocycles. The van der Waals surface area contributed by atoms with Crippen LogP contribution in [0.2, 0.25) is 0 Å². The molecule has 29 heavy (non-hydrogen) atoms. The summed E-state index contributed by atoms with van der Waals surface area (Å²) in [5, 5.41) is 8.11. The summed E-state index contributed by atoms with van der Waals surface area (Å²) in [5.41, 5.74) is 1.56. The van der Waals surface area contributed by atoms with Crippen LogP contribution in [-0.2, 0) is 12.7 Å². The van der Waals surface area contributed by atoms with Crippen LogP contribution in [0.4, 0.5) is 19.1 Å². The number of nitrogens with zero attached hydrogens (tertiary/aromatic N) is 6. The second-order valence-corrected chi connectivity index (χ2v) is 6.84. The maximum atomic E-state index is 12.7. The second-order valence-electron chi connectivity index (χ2n) is 6.84.